The van der Waals surface area contributed by atoms with Gasteiger partial charge in [0.15, 0.2) is 0 Å². The number of ether oxygens (including phenoxy) is 1. The van der Waals surface area contributed by atoms with Crippen LogP contribution in [0.1, 0.15) is 6.92 Å². The topological polar surface area (TPSA) is 55.5 Å². The third-order valence-corrected chi connectivity index (χ3v) is 3.64. The Bertz CT molecular complexity index is 336. The smallest absolute Gasteiger partial charge is 0.0867 e. The van der Waals surface area contributed by atoms with Crippen LogP contribution in [0.4, 0.5) is 5.69 Å². The van der Waals surface area contributed by atoms with E-state index in [1.54, 1.807) is 0 Å². The van der Waals surface area contributed by atoms with Crippen molar-refractivity contribution in [3.05, 3.63) is 22.7 Å². The molecule has 3 nitrogen and oxygen atoms in total. The number of benzene rings is 1. The summed E-state index contributed by atoms with van der Waals surface area (Å²) >= 11 is 4.89. The maximum atomic E-state index is 9.59. The quantitative estimate of drug-likeness (QED) is 0.626. The summed E-state index contributed by atoms with van der Waals surface area (Å²) in [5.74, 6) is 0.589. The van der Waals surface area contributed by atoms with Crippen molar-refractivity contribution in [2.75, 3.05) is 24.7 Å². The van der Waals surface area contributed by atoms with Gasteiger partial charge in [-0.2, -0.15) is 0 Å². The highest BCUT2D eigenvalue weighted by atomic mass is 79.9. The van der Waals surface area contributed by atoms with Crippen LogP contribution in [0.15, 0.2) is 27.6 Å². The van der Waals surface area contributed by atoms with E-state index in [2.05, 4.69) is 15.9 Å². The maximum absolute atomic E-state index is 9.59. The van der Waals surface area contributed by atoms with Gasteiger partial charge >= 0.3 is 0 Å². The number of halogens is 1. The third-order valence-electron chi connectivity index (χ3n) is 1.92. The SMILES string of the molecule is CCOCC(O)CSc1ccc(Br)cc1N. The van der Waals surface area contributed by atoms with Crippen molar-refractivity contribution in [2.24, 2.45) is 0 Å². The molecule has 0 aliphatic carbocycles. The molecule has 0 aromatic heterocycles. The van der Waals surface area contributed by atoms with Crippen LogP contribution in [0.25, 0.3) is 0 Å². The highest BCUT2D eigenvalue weighted by molar-refractivity contribution is 9.10. The van der Waals surface area contributed by atoms with Gasteiger partial charge in [-0.15, -0.1) is 11.8 Å². The zero-order chi connectivity index (χ0) is 12.0. The Balaban J connectivity index is 2.42. The van der Waals surface area contributed by atoms with Crippen LogP contribution in [0.5, 0.6) is 0 Å². The van der Waals surface area contributed by atoms with Gasteiger partial charge in [0.05, 0.1) is 12.7 Å². The Morgan fingerprint density at radius 1 is 1.56 bits per heavy atom. The van der Waals surface area contributed by atoms with Crippen LogP contribution in [0, 0.1) is 0 Å². The Morgan fingerprint density at radius 2 is 2.31 bits per heavy atom. The molecule has 0 aliphatic rings. The summed E-state index contributed by atoms with van der Waals surface area (Å²) in [7, 11) is 0. The average molecular weight is 306 g/mol. The Labute approximate surface area is 108 Å². The first-order chi connectivity index (χ1) is 7.63. The molecule has 3 N–H and O–H groups in total. The fourth-order valence-electron chi connectivity index (χ4n) is 1.14. The molecule has 1 aromatic rings. The minimum atomic E-state index is -0.451. The molecule has 0 saturated heterocycles. The molecule has 0 fully saturated rings. The van der Waals surface area contributed by atoms with Gasteiger partial charge in [-0.1, -0.05) is 15.9 Å². The lowest BCUT2D eigenvalue weighted by Gasteiger charge is -2.11. The van der Waals surface area contributed by atoms with Crippen molar-refractivity contribution in [3.8, 4) is 0 Å². The van der Waals surface area contributed by atoms with Crippen LogP contribution < -0.4 is 5.73 Å². The van der Waals surface area contributed by atoms with E-state index in [4.69, 9.17) is 10.5 Å². The van der Waals surface area contributed by atoms with Crippen molar-refractivity contribution in [2.45, 2.75) is 17.9 Å². The van der Waals surface area contributed by atoms with E-state index in [0.29, 0.717) is 19.0 Å². The second-order valence-corrected chi connectivity index (χ2v) is 5.28. The second kappa shape index (κ2) is 7.17. The number of nitrogen functional groups attached to an aromatic ring is 1. The largest absolute Gasteiger partial charge is 0.398 e. The maximum Gasteiger partial charge on any atom is 0.0867 e. The summed E-state index contributed by atoms with van der Waals surface area (Å²) in [6, 6.07) is 5.74. The Morgan fingerprint density at radius 3 is 2.94 bits per heavy atom. The predicted molar refractivity (Wildman–Crippen MR) is 71.8 cm³/mol. The summed E-state index contributed by atoms with van der Waals surface area (Å²) in [6.45, 7) is 2.91. The standard InChI is InChI=1S/C11H16BrNO2S/c1-2-15-6-9(14)7-16-11-4-3-8(12)5-10(11)13/h3-5,9,14H,2,6-7,13H2,1H3. The zero-order valence-corrected chi connectivity index (χ0v) is 11.6. The van der Waals surface area contributed by atoms with Crippen molar-refractivity contribution in [1.82, 2.24) is 0 Å². The highest BCUT2D eigenvalue weighted by Crippen LogP contribution is 2.28. The van der Waals surface area contributed by atoms with Crippen molar-refractivity contribution >= 4 is 33.4 Å². The van der Waals surface area contributed by atoms with Crippen LogP contribution in [0.3, 0.4) is 0 Å². The molecule has 0 aliphatic heterocycles. The molecule has 90 valence electrons. The van der Waals surface area contributed by atoms with Gasteiger partial charge < -0.3 is 15.6 Å². The highest BCUT2D eigenvalue weighted by Gasteiger charge is 2.07. The number of nitrogens with two attached hydrogens (primary N) is 1. The van der Waals surface area contributed by atoms with E-state index >= 15 is 0 Å². The number of rotatable bonds is 6. The van der Waals surface area contributed by atoms with Crippen LogP contribution >= 0.6 is 27.7 Å². The molecule has 1 unspecified atom stereocenters. The second-order valence-electron chi connectivity index (χ2n) is 3.31. The molecule has 0 bridgehead atoms. The lowest BCUT2D eigenvalue weighted by Crippen LogP contribution is -2.17. The molecular formula is C11H16BrNO2S. The summed E-state index contributed by atoms with van der Waals surface area (Å²) < 4.78 is 6.09. The number of anilines is 1. The fraction of sp³-hybridized carbons (Fsp3) is 0.455. The van der Waals surface area contributed by atoms with Crippen LogP contribution in [-0.2, 0) is 4.74 Å². The third kappa shape index (κ3) is 4.74. The van der Waals surface area contributed by atoms with Gasteiger partial charge in [0, 0.05) is 27.4 Å². The molecule has 0 radical (unpaired) electrons. The van der Waals surface area contributed by atoms with Crippen molar-refractivity contribution < 1.29 is 9.84 Å². The first-order valence-electron chi connectivity index (χ1n) is 5.07. The number of aliphatic hydroxyl groups is 1. The van der Waals surface area contributed by atoms with Gasteiger partial charge in [0.2, 0.25) is 0 Å². The van der Waals surface area contributed by atoms with Crippen molar-refractivity contribution in [1.29, 1.82) is 0 Å². The molecule has 1 rings (SSSR count). The Hall–Kier alpha value is -0.230. The predicted octanol–water partition coefficient (Wildman–Crippen LogP) is 2.52. The summed E-state index contributed by atoms with van der Waals surface area (Å²) in [5, 5.41) is 9.59. The van der Waals surface area contributed by atoms with E-state index in [1.807, 2.05) is 25.1 Å². The number of thioether (sulfide) groups is 1. The molecule has 0 heterocycles. The zero-order valence-electron chi connectivity index (χ0n) is 9.15. The molecular weight excluding hydrogens is 290 g/mol. The molecule has 1 aromatic carbocycles. The average Bonchev–Trinajstić information content (AvgIpc) is 2.25. The van der Waals surface area contributed by atoms with E-state index < -0.39 is 6.10 Å². The number of hydrogen-bond acceptors (Lipinski definition) is 4. The van der Waals surface area contributed by atoms with E-state index in [-0.39, 0.29) is 0 Å². The summed E-state index contributed by atoms with van der Waals surface area (Å²) in [6.07, 6.45) is -0.451. The minimum Gasteiger partial charge on any atom is -0.398 e. The van der Waals surface area contributed by atoms with Gasteiger partial charge in [-0.25, -0.2) is 0 Å². The molecule has 0 spiro atoms. The van der Waals surface area contributed by atoms with Crippen molar-refractivity contribution in [3.63, 3.8) is 0 Å². The molecule has 16 heavy (non-hydrogen) atoms. The van der Waals surface area contributed by atoms with E-state index in [0.717, 1.165) is 15.1 Å². The summed E-state index contributed by atoms with van der Waals surface area (Å²) in [4.78, 5) is 0.985. The van der Waals surface area contributed by atoms with Gasteiger partial charge in [-0.3, -0.25) is 0 Å². The van der Waals surface area contributed by atoms with Gasteiger partial charge in [0.1, 0.15) is 0 Å². The number of aliphatic hydroxyl groups excluding tert-OH is 1. The fourth-order valence-corrected chi connectivity index (χ4v) is 2.38. The first-order valence-corrected chi connectivity index (χ1v) is 6.85. The normalized spacial score (nSPS) is 12.7. The van der Waals surface area contributed by atoms with Gasteiger partial charge in [-0.05, 0) is 25.1 Å². The summed E-state index contributed by atoms with van der Waals surface area (Å²) in [5.41, 5.74) is 6.57. The molecule has 0 amide bonds. The van der Waals surface area contributed by atoms with Gasteiger partial charge in [0.25, 0.3) is 0 Å². The van der Waals surface area contributed by atoms with E-state index in [1.165, 1.54) is 11.8 Å². The van der Waals surface area contributed by atoms with E-state index in [9.17, 15) is 5.11 Å². The van der Waals surface area contributed by atoms with Crippen LogP contribution in [0.2, 0.25) is 0 Å². The minimum absolute atomic E-state index is 0.375. The number of hydrogen-bond donors (Lipinski definition) is 2. The molecule has 1 atom stereocenters. The van der Waals surface area contributed by atoms with Crippen LogP contribution in [-0.4, -0.2) is 30.2 Å². The first kappa shape index (κ1) is 13.8. The monoisotopic (exact) mass is 305 g/mol. The lowest BCUT2D eigenvalue weighted by atomic mass is 10.3. The molecule has 5 heteroatoms. The lowest BCUT2D eigenvalue weighted by molar-refractivity contribution is 0.0551. The Kier molecular flexibility index (Phi) is 6.20. The molecule has 0 saturated carbocycles.